The number of pyridine rings is 1. The molecule has 1 aromatic heterocycles. The average molecular weight is 325 g/mol. The van der Waals surface area contributed by atoms with Crippen molar-refractivity contribution in [1.29, 1.82) is 0 Å². The van der Waals surface area contributed by atoms with Crippen LogP contribution in [0.5, 0.6) is 5.75 Å². The second-order valence-corrected chi connectivity index (χ2v) is 6.21. The monoisotopic (exact) mass is 325 g/mol. The average Bonchev–Trinajstić information content (AvgIpc) is 2.49. The highest BCUT2D eigenvalue weighted by atomic mass is 32.2. The summed E-state index contributed by atoms with van der Waals surface area (Å²) in [6, 6.07) is 7.62. The van der Waals surface area contributed by atoms with Gasteiger partial charge in [-0.1, -0.05) is 6.07 Å². The Morgan fingerprint density at radius 1 is 1.32 bits per heavy atom. The minimum Gasteiger partial charge on any atom is -0.497 e. The van der Waals surface area contributed by atoms with Crippen LogP contribution in [0.4, 0.5) is 5.69 Å². The number of fused-ring (bicyclic) bond motifs is 1. The van der Waals surface area contributed by atoms with Gasteiger partial charge in [-0.2, -0.15) is 8.42 Å². The van der Waals surface area contributed by atoms with Crippen LogP contribution in [-0.2, 0) is 10.1 Å². The summed E-state index contributed by atoms with van der Waals surface area (Å²) in [6.07, 6.45) is 2.43. The van der Waals surface area contributed by atoms with E-state index in [-0.39, 0.29) is 0 Å². The van der Waals surface area contributed by atoms with Crippen molar-refractivity contribution in [2.75, 3.05) is 31.4 Å². The van der Waals surface area contributed by atoms with Crippen LogP contribution in [0.2, 0.25) is 0 Å². The first-order valence-electron chi connectivity index (χ1n) is 6.82. The molecule has 1 heterocycles. The molecule has 0 saturated carbocycles. The van der Waals surface area contributed by atoms with Gasteiger partial charge >= 0.3 is 0 Å². The summed E-state index contributed by atoms with van der Waals surface area (Å²) in [5, 5.41) is 6.90. The summed E-state index contributed by atoms with van der Waals surface area (Å²) in [5.74, 6) is 0.309. The lowest BCUT2D eigenvalue weighted by molar-refractivity contribution is 0.415. The van der Waals surface area contributed by atoms with Gasteiger partial charge in [0.1, 0.15) is 11.6 Å². The highest BCUT2D eigenvalue weighted by molar-refractivity contribution is 7.85. The van der Waals surface area contributed by atoms with Crippen molar-refractivity contribution in [3.63, 3.8) is 0 Å². The molecule has 2 rings (SSSR count). The molecular formula is C14H19N3O4S. The number of anilines is 1. The highest BCUT2D eigenvalue weighted by Gasteiger charge is 2.06. The highest BCUT2D eigenvalue weighted by Crippen LogP contribution is 2.27. The van der Waals surface area contributed by atoms with Crippen molar-refractivity contribution in [2.24, 2.45) is 0 Å². The lowest BCUT2D eigenvalue weighted by Crippen LogP contribution is -2.24. The number of hydrogen-bond donors (Lipinski definition) is 3. The Kier molecular flexibility index (Phi) is 5.53. The third-order valence-electron chi connectivity index (χ3n) is 3.04. The molecule has 0 aliphatic rings. The zero-order valence-electron chi connectivity index (χ0n) is 12.2. The molecule has 0 atom stereocenters. The van der Waals surface area contributed by atoms with Gasteiger partial charge < -0.3 is 15.4 Å². The van der Waals surface area contributed by atoms with Crippen molar-refractivity contribution < 1.29 is 17.7 Å². The molecule has 8 heteroatoms. The maximum atomic E-state index is 10.6. The van der Waals surface area contributed by atoms with Crippen LogP contribution >= 0.6 is 0 Å². The van der Waals surface area contributed by atoms with E-state index in [1.54, 1.807) is 13.3 Å². The number of rotatable bonds is 8. The molecule has 0 aliphatic carbocycles. The molecule has 7 nitrogen and oxygen atoms in total. The molecular weight excluding hydrogens is 306 g/mol. The summed E-state index contributed by atoms with van der Waals surface area (Å²) >= 11 is 0. The largest absolute Gasteiger partial charge is 0.497 e. The molecule has 22 heavy (non-hydrogen) atoms. The van der Waals surface area contributed by atoms with Crippen molar-refractivity contribution in [2.45, 2.75) is 6.42 Å². The van der Waals surface area contributed by atoms with Crippen LogP contribution in [0, 0.1) is 0 Å². The van der Waals surface area contributed by atoms with Crippen LogP contribution < -0.4 is 15.4 Å². The zero-order valence-corrected chi connectivity index (χ0v) is 13.1. The van der Waals surface area contributed by atoms with Crippen molar-refractivity contribution >= 4 is 26.7 Å². The maximum Gasteiger partial charge on any atom is 0.278 e. The minimum absolute atomic E-state index is 0.434. The van der Waals surface area contributed by atoms with Gasteiger partial charge in [0, 0.05) is 24.2 Å². The van der Waals surface area contributed by atoms with E-state index in [9.17, 15) is 8.42 Å². The van der Waals surface area contributed by atoms with Gasteiger partial charge in [0.2, 0.25) is 0 Å². The Morgan fingerprint density at radius 3 is 2.86 bits per heavy atom. The lowest BCUT2D eigenvalue weighted by atomic mass is 10.1. The van der Waals surface area contributed by atoms with Crippen LogP contribution in [0.25, 0.3) is 10.9 Å². The fourth-order valence-corrected chi connectivity index (χ4v) is 2.46. The van der Waals surface area contributed by atoms with Crippen molar-refractivity contribution in [3.05, 3.63) is 30.5 Å². The molecule has 1 aromatic carbocycles. The van der Waals surface area contributed by atoms with E-state index in [2.05, 4.69) is 15.6 Å². The molecule has 120 valence electrons. The number of hydrogen-bond acceptors (Lipinski definition) is 6. The summed E-state index contributed by atoms with van der Waals surface area (Å²) in [4.78, 5) is 4.36. The second kappa shape index (κ2) is 7.39. The van der Waals surface area contributed by atoms with E-state index in [1.807, 2.05) is 24.3 Å². The zero-order chi connectivity index (χ0) is 16.0. The van der Waals surface area contributed by atoms with E-state index >= 15 is 0 Å². The normalized spacial score (nSPS) is 11.5. The van der Waals surface area contributed by atoms with E-state index < -0.39 is 16.0 Å². The first-order chi connectivity index (χ1) is 10.5. The SMILES string of the molecule is COc1cc(NCCCNCS(=O)(=O)O)c2ncccc2c1. The lowest BCUT2D eigenvalue weighted by Gasteiger charge is -2.11. The van der Waals surface area contributed by atoms with Gasteiger partial charge in [-0.15, -0.1) is 0 Å². The third-order valence-corrected chi connectivity index (χ3v) is 3.61. The Morgan fingerprint density at radius 2 is 2.14 bits per heavy atom. The molecule has 0 saturated heterocycles. The smallest absolute Gasteiger partial charge is 0.278 e. The van der Waals surface area contributed by atoms with Crippen LogP contribution in [-0.4, -0.2) is 44.0 Å². The quantitative estimate of drug-likeness (QED) is 0.499. The molecule has 0 bridgehead atoms. The van der Waals surface area contributed by atoms with Gasteiger partial charge in [-0.05, 0) is 25.1 Å². The first kappa shape index (κ1) is 16.5. The summed E-state index contributed by atoms with van der Waals surface area (Å²) < 4.78 is 35.0. The van der Waals surface area contributed by atoms with E-state index in [0.29, 0.717) is 19.5 Å². The number of aromatic nitrogens is 1. The van der Waals surface area contributed by atoms with Gasteiger partial charge in [0.05, 0.1) is 18.3 Å². The molecule has 3 N–H and O–H groups in total. The second-order valence-electron chi connectivity index (χ2n) is 4.76. The topological polar surface area (TPSA) is 101 Å². The summed E-state index contributed by atoms with van der Waals surface area (Å²) in [7, 11) is -2.35. The number of benzene rings is 1. The fraction of sp³-hybridized carbons (Fsp3) is 0.357. The number of nitrogens with one attached hydrogen (secondary N) is 2. The molecule has 0 spiro atoms. The number of nitrogens with zero attached hydrogens (tertiary/aromatic N) is 1. The van der Waals surface area contributed by atoms with Crippen molar-refractivity contribution in [3.8, 4) is 5.75 Å². The molecule has 0 radical (unpaired) electrons. The Bertz CT molecular complexity index is 734. The summed E-state index contributed by atoms with van der Waals surface area (Å²) in [5.41, 5.74) is 1.72. The van der Waals surface area contributed by atoms with E-state index in [0.717, 1.165) is 22.3 Å². The molecule has 2 aromatic rings. The van der Waals surface area contributed by atoms with Crippen LogP contribution in [0.15, 0.2) is 30.5 Å². The third kappa shape index (κ3) is 4.83. The summed E-state index contributed by atoms with van der Waals surface area (Å²) in [6.45, 7) is 1.11. The predicted octanol–water partition coefficient (Wildman–Crippen LogP) is 1.48. The Labute approximate surface area is 129 Å². The van der Waals surface area contributed by atoms with Crippen molar-refractivity contribution in [1.82, 2.24) is 10.3 Å². The van der Waals surface area contributed by atoms with Gasteiger partial charge in [0.25, 0.3) is 10.1 Å². The molecule has 0 fully saturated rings. The number of ether oxygens (including phenoxy) is 1. The van der Waals surface area contributed by atoms with Gasteiger partial charge in [-0.3, -0.25) is 9.54 Å². The van der Waals surface area contributed by atoms with E-state index in [1.165, 1.54) is 0 Å². The number of methoxy groups -OCH3 is 1. The van der Waals surface area contributed by atoms with E-state index in [4.69, 9.17) is 9.29 Å². The Balaban J connectivity index is 1.94. The maximum absolute atomic E-state index is 10.6. The molecule has 0 unspecified atom stereocenters. The van der Waals surface area contributed by atoms with Gasteiger partial charge in [-0.25, -0.2) is 0 Å². The molecule has 0 amide bonds. The fourth-order valence-electron chi connectivity index (χ4n) is 2.06. The minimum atomic E-state index is -3.96. The van der Waals surface area contributed by atoms with Gasteiger partial charge in [0.15, 0.2) is 0 Å². The molecule has 0 aliphatic heterocycles. The first-order valence-corrected chi connectivity index (χ1v) is 8.43. The van der Waals surface area contributed by atoms with Crippen LogP contribution in [0.1, 0.15) is 6.42 Å². The van der Waals surface area contributed by atoms with Crippen LogP contribution in [0.3, 0.4) is 0 Å². The Hall–Kier alpha value is -1.90. The standard InChI is InChI=1S/C14H19N3O4S/c1-21-12-8-11-4-2-6-17-14(11)13(9-12)16-7-3-5-15-10-22(18,19)20/h2,4,6,8-9,15-16H,3,5,7,10H2,1H3,(H,18,19,20). The predicted molar refractivity (Wildman–Crippen MR) is 85.8 cm³/mol.